The van der Waals surface area contributed by atoms with Gasteiger partial charge < -0.3 is 0 Å². The Morgan fingerprint density at radius 2 is 1.90 bits per heavy atom. The molecule has 0 nitrogen and oxygen atoms in total. The standard InChI is InChI=1S/C17H15BrClF/c18-15-10-14(7-8-16(15)20)17(19)13-6-5-11-3-1-2-4-12(11)9-13/h1-4,7-8,10,13,17H,5-6,9H2. The van der Waals surface area contributed by atoms with Gasteiger partial charge in [-0.15, -0.1) is 11.6 Å². The quantitative estimate of drug-likeness (QED) is 0.610. The maximum Gasteiger partial charge on any atom is 0.137 e. The van der Waals surface area contributed by atoms with Crippen LogP contribution in [-0.4, -0.2) is 0 Å². The number of fused-ring (bicyclic) bond motifs is 1. The monoisotopic (exact) mass is 352 g/mol. The van der Waals surface area contributed by atoms with Gasteiger partial charge in [-0.1, -0.05) is 30.3 Å². The molecule has 0 spiro atoms. The van der Waals surface area contributed by atoms with Crippen molar-refractivity contribution >= 4 is 27.5 Å². The minimum Gasteiger partial charge on any atom is -0.206 e. The van der Waals surface area contributed by atoms with E-state index >= 15 is 0 Å². The number of rotatable bonds is 2. The molecular formula is C17H15BrClF. The molecule has 0 bridgehead atoms. The maximum atomic E-state index is 13.3. The average molecular weight is 354 g/mol. The van der Waals surface area contributed by atoms with Crippen LogP contribution in [0, 0.1) is 11.7 Å². The molecule has 2 aromatic carbocycles. The Hall–Kier alpha value is -0.860. The first-order valence-electron chi connectivity index (χ1n) is 6.81. The topological polar surface area (TPSA) is 0 Å². The molecule has 20 heavy (non-hydrogen) atoms. The van der Waals surface area contributed by atoms with Crippen molar-refractivity contribution in [3.63, 3.8) is 0 Å². The molecule has 3 rings (SSSR count). The molecule has 1 aliphatic carbocycles. The van der Waals surface area contributed by atoms with Gasteiger partial charge >= 0.3 is 0 Å². The van der Waals surface area contributed by atoms with Crippen molar-refractivity contribution in [2.24, 2.45) is 5.92 Å². The van der Waals surface area contributed by atoms with Crippen molar-refractivity contribution in [2.75, 3.05) is 0 Å². The molecule has 3 heteroatoms. The third-order valence-electron chi connectivity index (χ3n) is 4.06. The van der Waals surface area contributed by atoms with E-state index in [-0.39, 0.29) is 11.2 Å². The van der Waals surface area contributed by atoms with Gasteiger partial charge in [-0.25, -0.2) is 4.39 Å². The maximum absolute atomic E-state index is 13.3. The van der Waals surface area contributed by atoms with Gasteiger partial charge in [0, 0.05) is 0 Å². The molecule has 0 fully saturated rings. The Morgan fingerprint density at radius 1 is 1.15 bits per heavy atom. The number of aryl methyl sites for hydroxylation is 1. The van der Waals surface area contributed by atoms with Crippen LogP contribution in [0.2, 0.25) is 0 Å². The van der Waals surface area contributed by atoms with Gasteiger partial charge in [0.15, 0.2) is 0 Å². The van der Waals surface area contributed by atoms with E-state index in [1.807, 2.05) is 0 Å². The molecule has 0 amide bonds. The largest absolute Gasteiger partial charge is 0.206 e. The van der Waals surface area contributed by atoms with Crippen molar-refractivity contribution in [2.45, 2.75) is 24.6 Å². The highest BCUT2D eigenvalue weighted by Gasteiger charge is 2.26. The smallest absolute Gasteiger partial charge is 0.137 e. The Labute approximate surface area is 132 Å². The number of alkyl halides is 1. The summed E-state index contributed by atoms with van der Waals surface area (Å²) in [6.45, 7) is 0. The van der Waals surface area contributed by atoms with Crippen LogP contribution in [0.25, 0.3) is 0 Å². The summed E-state index contributed by atoms with van der Waals surface area (Å²) in [4.78, 5) is 0. The molecule has 0 heterocycles. The van der Waals surface area contributed by atoms with Gasteiger partial charge in [-0.05, 0) is 69.9 Å². The van der Waals surface area contributed by atoms with Crippen LogP contribution < -0.4 is 0 Å². The predicted octanol–water partition coefficient (Wildman–Crippen LogP) is 5.67. The van der Waals surface area contributed by atoms with Gasteiger partial charge in [0.25, 0.3) is 0 Å². The van der Waals surface area contributed by atoms with Crippen LogP contribution >= 0.6 is 27.5 Å². The third kappa shape index (κ3) is 2.77. The lowest BCUT2D eigenvalue weighted by Crippen LogP contribution is -2.18. The second-order valence-corrected chi connectivity index (χ2v) is 6.67. The molecule has 0 aromatic heterocycles. The lowest BCUT2D eigenvalue weighted by molar-refractivity contribution is 0.443. The van der Waals surface area contributed by atoms with Crippen molar-refractivity contribution < 1.29 is 4.39 Å². The minimum atomic E-state index is -0.244. The number of hydrogen-bond donors (Lipinski definition) is 0. The van der Waals surface area contributed by atoms with Crippen LogP contribution in [0.3, 0.4) is 0 Å². The Morgan fingerprint density at radius 3 is 2.65 bits per heavy atom. The molecule has 1 aliphatic rings. The molecule has 104 valence electrons. The summed E-state index contributed by atoms with van der Waals surface area (Å²) in [5, 5.41) is -0.0692. The Balaban J connectivity index is 1.82. The lowest BCUT2D eigenvalue weighted by atomic mass is 9.80. The summed E-state index contributed by atoms with van der Waals surface area (Å²) in [5.74, 6) is 0.163. The molecule has 0 saturated carbocycles. The van der Waals surface area contributed by atoms with Gasteiger partial charge in [0.1, 0.15) is 5.82 Å². The lowest BCUT2D eigenvalue weighted by Gasteiger charge is -2.28. The first-order valence-corrected chi connectivity index (χ1v) is 8.04. The van der Waals surface area contributed by atoms with Crippen LogP contribution in [0.1, 0.15) is 28.5 Å². The highest BCUT2D eigenvalue weighted by atomic mass is 79.9. The molecular weight excluding hydrogens is 339 g/mol. The minimum absolute atomic E-state index is 0.0692. The van der Waals surface area contributed by atoms with E-state index in [0.29, 0.717) is 10.4 Å². The number of halogens is 3. The molecule has 0 aliphatic heterocycles. The zero-order valence-corrected chi connectivity index (χ0v) is 13.3. The van der Waals surface area contributed by atoms with E-state index in [1.54, 1.807) is 12.1 Å². The summed E-state index contributed by atoms with van der Waals surface area (Å²) in [6.07, 6.45) is 3.16. The summed E-state index contributed by atoms with van der Waals surface area (Å²) < 4.78 is 13.8. The van der Waals surface area contributed by atoms with Gasteiger partial charge in [0.2, 0.25) is 0 Å². The molecule has 2 atom stereocenters. The zero-order chi connectivity index (χ0) is 14.1. The highest BCUT2D eigenvalue weighted by Crippen LogP contribution is 2.39. The normalized spacial score (nSPS) is 19.4. The van der Waals surface area contributed by atoms with E-state index in [0.717, 1.165) is 24.8 Å². The molecule has 2 unspecified atom stereocenters. The summed E-state index contributed by atoms with van der Waals surface area (Å²) in [6, 6.07) is 13.6. The zero-order valence-electron chi connectivity index (χ0n) is 11.0. The Bertz CT molecular complexity index is 626. The van der Waals surface area contributed by atoms with Gasteiger partial charge in [-0.3, -0.25) is 0 Å². The van der Waals surface area contributed by atoms with E-state index in [1.165, 1.54) is 17.2 Å². The SMILES string of the molecule is Fc1ccc(C(Cl)C2CCc3ccccc3C2)cc1Br. The van der Waals surface area contributed by atoms with E-state index < -0.39 is 0 Å². The van der Waals surface area contributed by atoms with Crippen molar-refractivity contribution in [3.8, 4) is 0 Å². The summed E-state index contributed by atoms with van der Waals surface area (Å²) >= 11 is 9.86. The van der Waals surface area contributed by atoms with E-state index in [9.17, 15) is 4.39 Å². The van der Waals surface area contributed by atoms with Crippen molar-refractivity contribution in [1.29, 1.82) is 0 Å². The third-order valence-corrected chi connectivity index (χ3v) is 5.28. The Kier molecular flexibility index (Phi) is 4.13. The first-order chi connectivity index (χ1) is 9.65. The average Bonchev–Trinajstić information content (AvgIpc) is 2.49. The van der Waals surface area contributed by atoms with Gasteiger partial charge in [-0.2, -0.15) is 0 Å². The van der Waals surface area contributed by atoms with Crippen LogP contribution in [0.15, 0.2) is 46.9 Å². The molecule has 2 aromatic rings. The molecule has 0 radical (unpaired) electrons. The first kappa shape index (κ1) is 14.1. The predicted molar refractivity (Wildman–Crippen MR) is 84.7 cm³/mol. The summed E-state index contributed by atoms with van der Waals surface area (Å²) in [7, 11) is 0. The van der Waals surface area contributed by atoms with E-state index in [2.05, 4.69) is 40.2 Å². The summed E-state index contributed by atoms with van der Waals surface area (Å²) in [5.41, 5.74) is 3.83. The highest BCUT2D eigenvalue weighted by molar-refractivity contribution is 9.10. The van der Waals surface area contributed by atoms with Crippen molar-refractivity contribution in [3.05, 3.63) is 69.4 Å². The van der Waals surface area contributed by atoms with E-state index in [4.69, 9.17) is 11.6 Å². The van der Waals surface area contributed by atoms with Crippen LogP contribution in [0.5, 0.6) is 0 Å². The van der Waals surface area contributed by atoms with Crippen molar-refractivity contribution in [1.82, 2.24) is 0 Å². The fraction of sp³-hybridized carbons (Fsp3) is 0.294. The fourth-order valence-electron chi connectivity index (χ4n) is 2.93. The van der Waals surface area contributed by atoms with Crippen LogP contribution in [-0.2, 0) is 12.8 Å². The molecule has 0 saturated heterocycles. The second kappa shape index (κ2) is 5.87. The second-order valence-electron chi connectivity index (χ2n) is 5.35. The number of benzene rings is 2. The van der Waals surface area contributed by atoms with Crippen LogP contribution in [0.4, 0.5) is 4.39 Å². The number of hydrogen-bond acceptors (Lipinski definition) is 0. The van der Waals surface area contributed by atoms with Gasteiger partial charge in [0.05, 0.1) is 9.85 Å². The fourth-order valence-corrected chi connectivity index (χ4v) is 3.68. The molecule has 0 N–H and O–H groups in total.